The fourth-order valence-corrected chi connectivity index (χ4v) is 4.35. The minimum absolute atomic E-state index is 0.355. The number of halogens is 6. The van der Waals surface area contributed by atoms with Gasteiger partial charge in [0.2, 0.25) is 0 Å². The van der Waals surface area contributed by atoms with Crippen LogP contribution in [0.15, 0.2) is 103 Å². The zero-order valence-electron chi connectivity index (χ0n) is 23.6. The maximum atomic E-state index is 13.0. The van der Waals surface area contributed by atoms with E-state index in [1.165, 1.54) is 6.07 Å². The molecule has 6 aromatic rings. The lowest BCUT2D eigenvalue weighted by molar-refractivity contribution is -0.192. The monoisotopic (exact) mass is 638 g/mol. The van der Waals surface area contributed by atoms with Crippen molar-refractivity contribution in [3.05, 3.63) is 120 Å². The van der Waals surface area contributed by atoms with Gasteiger partial charge in [-0.25, -0.2) is 9.78 Å². The number of hydrogen-bond donors (Lipinski definition) is 3. The molecule has 6 rings (SSSR count). The molecule has 0 aliphatic heterocycles. The fourth-order valence-electron chi connectivity index (χ4n) is 4.35. The lowest BCUT2D eigenvalue weighted by Gasteiger charge is -2.06. The minimum atomic E-state index is -5.08. The summed E-state index contributed by atoms with van der Waals surface area (Å²) in [5.74, 6) is -2.23. The predicted molar refractivity (Wildman–Crippen MR) is 158 cm³/mol. The highest BCUT2D eigenvalue weighted by atomic mass is 19.4. The molecule has 0 amide bonds. The third kappa shape index (κ3) is 7.95. The lowest BCUT2D eigenvalue weighted by Crippen LogP contribution is -2.21. The number of nitrogens with one attached hydrogen (secondary N) is 2. The number of carbonyl (C=O) groups is 1. The van der Waals surface area contributed by atoms with Gasteiger partial charge < -0.3 is 15.4 Å². The number of aromatic amines is 1. The average Bonchev–Trinajstić information content (AvgIpc) is 3.69. The van der Waals surface area contributed by atoms with Crippen LogP contribution in [0.2, 0.25) is 0 Å². The topological polar surface area (TPSA) is 109 Å². The second kappa shape index (κ2) is 13.2. The molecule has 3 N–H and O–H groups in total. The van der Waals surface area contributed by atoms with Crippen molar-refractivity contribution >= 4 is 17.0 Å². The Balaban J connectivity index is 0.000000537. The molecule has 0 atom stereocenters. The smallest absolute Gasteiger partial charge is 0.475 e. The van der Waals surface area contributed by atoms with Crippen LogP contribution in [0.25, 0.3) is 39.2 Å². The van der Waals surface area contributed by atoms with Crippen molar-refractivity contribution in [1.29, 1.82) is 0 Å². The zero-order valence-corrected chi connectivity index (χ0v) is 23.6. The summed E-state index contributed by atoms with van der Waals surface area (Å²) in [6.45, 7) is 1.30. The SMILES string of the molecule is FC(F)(F)c1ccc2nc(-c3ccc(-c4ccc(CNCc5cnn(-c6ccccc6)n5)cc4)cc3)[nH]c2c1.O=C(O)C(F)(F)F. The van der Waals surface area contributed by atoms with Crippen LogP contribution >= 0.6 is 0 Å². The number of nitrogens with zero attached hydrogens (tertiary/aromatic N) is 4. The minimum Gasteiger partial charge on any atom is -0.475 e. The van der Waals surface area contributed by atoms with E-state index in [0.29, 0.717) is 29.9 Å². The second-order valence-corrected chi connectivity index (χ2v) is 9.96. The molecule has 0 fully saturated rings. The number of imidazole rings is 1. The molecule has 0 radical (unpaired) electrons. The van der Waals surface area contributed by atoms with Crippen LogP contribution in [-0.4, -0.2) is 42.2 Å². The van der Waals surface area contributed by atoms with Crippen molar-refractivity contribution < 1.29 is 36.2 Å². The molecule has 0 aliphatic carbocycles. The summed E-state index contributed by atoms with van der Waals surface area (Å²) in [6, 6.07) is 29.4. The van der Waals surface area contributed by atoms with E-state index in [4.69, 9.17) is 9.90 Å². The number of aromatic nitrogens is 5. The van der Waals surface area contributed by atoms with Crippen molar-refractivity contribution in [2.45, 2.75) is 25.4 Å². The molecule has 8 nitrogen and oxygen atoms in total. The van der Waals surface area contributed by atoms with Gasteiger partial charge in [-0.05, 0) is 47.0 Å². The van der Waals surface area contributed by atoms with E-state index in [1.54, 1.807) is 11.0 Å². The second-order valence-electron chi connectivity index (χ2n) is 9.96. The highest BCUT2D eigenvalue weighted by Crippen LogP contribution is 2.32. The third-order valence-electron chi connectivity index (χ3n) is 6.66. The largest absolute Gasteiger partial charge is 0.490 e. The van der Waals surface area contributed by atoms with Gasteiger partial charge in [-0.3, -0.25) is 0 Å². The van der Waals surface area contributed by atoms with Gasteiger partial charge in [0.05, 0.1) is 34.2 Å². The van der Waals surface area contributed by atoms with Gasteiger partial charge in [0.25, 0.3) is 0 Å². The molecule has 46 heavy (non-hydrogen) atoms. The first kappa shape index (κ1) is 31.9. The number of carboxylic acid groups (broad SMARTS) is 1. The Kier molecular flexibility index (Phi) is 9.18. The molecule has 0 unspecified atom stereocenters. The maximum absolute atomic E-state index is 13.0. The molecular formula is C32H24F6N6O2. The van der Waals surface area contributed by atoms with E-state index in [0.717, 1.165) is 45.8 Å². The van der Waals surface area contributed by atoms with Crippen LogP contribution in [0, 0.1) is 0 Å². The summed E-state index contributed by atoms with van der Waals surface area (Å²) >= 11 is 0. The van der Waals surface area contributed by atoms with Gasteiger partial charge in [0.15, 0.2) is 0 Å². The number of fused-ring (bicyclic) bond motifs is 1. The molecule has 0 bridgehead atoms. The molecule has 0 saturated carbocycles. The predicted octanol–water partition coefficient (Wildman–Crippen LogP) is 7.42. The van der Waals surface area contributed by atoms with Gasteiger partial charge in [-0.15, -0.1) is 0 Å². The number of carboxylic acids is 1. The fraction of sp³-hybridized carbons (Fsp3) is 0.125. The Morgan fingerprint density at radius 2 is 1.41 bits per heavy atom. The first-order valence-corrected chi connectivity index (χ1v) is 13.6. The van der Waals surface area contributed by atoms with Crippen molar-refractivity contribution in [3.8, 4) is 28.2 Å². The quantitative estimate of drug-likeness (QED) is 0.157. The van der Waals surface area contributed by atoms with Crippen molar-refractivity contribution in [2.75, 3.05) is 0 Å². The number of para-hydroxylation sites is 1. The molecule has 0 saturated heterocycles. The summed E-state index contributed by atoms with van der Waals surface area (Å²) in [4.78, 5) is 18.0. The Hall–Kier alpha value is -5.50. The Morgan fingerprint density at radius 3 is 2.02 bits per heavy atom. The standard InChI is InChI=1S/C30H23F3N6.C2HF3O2/c31-30(32,33)24-14-15-27-28(16-24)37-29(36-27)23-12-10-22(11-13-23)21-8-6-20(7-9-21)17-34-18-25-19-35-39(38-25)26-4-2-1-3-5-26;3-2(4,5)1(6)7/h1-16,19,34H,17-18H2,(H,36,37);(H,6,7). The summed E-state index contributed by atoms with van der Waals surface area (Å²) in [5.41, 5.74) is 5.97. The van der Waals surface area contributed by atoms with Gasteiger partial charge in [-0.2, -0.15) is 41.3 Å². The highest BCUT2D eigenvalue weighted by Gasteiger charge is 2.38. The van der Waals surface area contributed by atoms with Crippen LogP contribution in [0.4, 0.5) is 26.3 Å². The van der Waals surface area contributed by atoms with Crippen LogP contribution < -0.4 is 5.32 Å². The molecule has 236 valence electrons. The molecule has 0 spiro atoms. The van der Waals surface area contributed by atoms with E-state index in [9.17, 15) is 26.3 Å². The van der Waals surface area contributed by atoms with Crippen molar-refractivity contribution in [1.82, 2.24) is 30.3 Å². The summed E-state index contributed by atoms with van der Waals surface area (Å²) in [7, 11) is 0. The highest BCUT2D eigenvalue weighted by molar-refractivity contribution is 5.80. The molecule has 2 heterocycles. The van der Waals surface area contributed by atoms with Gasteiger partial charge >= 0.3 is 18.3 Å². The first-order valence-electron chi connectivity index (χ1n) is 13.6. The summed E-state index contributed by atoms with van der Waals surface area (Å²) in [5, 5.41) is 19.4. The van der Waals surface area contributed by atoms with Crippen LogP contribution in [0.5, 0.6) is 0 Å². The number of benzene rings is 4. The molecule has 0 aliphatic rings. The molecule has 14 heteroatoms. The summed E-state index contributed by atoms with van der Waals surface area (Å²) < 4.78 is 70.8. The van der Waals surface area contributed by atoms with Crippen LogP contribution in [0.1, 0.15) is 16.8 Å². The Morgan fingerprint density at radius 1 is 0.804 bits per heavy atom. The van der Waals surface area contributed by atoms with E-state index in [1.807, 2.05) is 54.6 Å². The number of alkyl halides is 6. The molecular weight excluding hydrogens is 614 g/mol. The Labute approximate surface area is 257 Å². The number of H-pyrrole nitrogens is 1. The lowest BCUT2D eigenvalue weighted by atomic mass is 10.0. The van der Waals surface area contributed by atoms with E-state index in [2.05, 4.69) is 49.7 Å². The van der Waals surface area contributed by atoms with Gasteiger partial charge in [0, 0.05) is 18.7 Å². The normalized spacial score (nSPS) is 11.7. The number of hydrogen-bond acceptors (Lipinski definition) is 5. The zero-order chi connectivity index (χ0) is 32.9. The van der Waals surface area contributed by atoms with Gasteiger partial charge in [0.1, 0.15) is 5.82 Å². The van der Waals surface area contributed by atoms with Crippen LogP contribution in [-0.2, 0) is 24.1 Å². The third-order valence-corrected chi connectivity index (χ3v) is 6.66. The van der Waals surface area contributed by atoms with E-state index < -0.39 is 23.9 Å². The van der Waals surface area contributed by atoms with Crippen LogP contribution in [0.3, 0.4) is 0 Å². The van der Waals surface area contributed by atoms with Crippen molar-refractivity contribution in [3.63, 3.8) is 0 Å². The maximum Gasteiger partial charge on any atom is 0.490 e. The van der Waals surface area contributed by atoms with E-state index in [-0.39, 0.29) is 0 Å². The number of rotatable bonds is 7. The molecule has 4 aromatic carbocycles. The Bertz CT molecular complexity index is 1920. The average molecular weight is 639 g/mol. The van der Waals surface area contributed by atoms with E-state index >= 15 is 0 Å². The first-order chi connectivity index (χ1) is 21.9. The van der Waals surface area contributed by atoms with Gasteiger partial charge in [-0.1, -0.05) is 66.7 Å². The number of aliphatic carboxylic acids is 1. The van der Waals surface area contributed by atoms with Crippen molar-refractivity contribution in [2.24, 2.45) is 0 Å². The molecule has 2 aromatic heterocycles. The summed E-state index contributed by atoms with van der Waals surface area (Å²) in [6.07, 6.45) is -7.71.